The van der Waals surface area contributed by atoms with Crippen LogP contribution in [0.15, 0.2) is 40.8 Å². The molecule has 1 amide bonds. The van der Waals surface area contributed by atoms with E-state index in [1.165, 1.54) is 30.4 Å². The summed E-state index contributed by atoms with van der Waals surface area (Å²) in [6.45, 7) is 2.56. The normalized spacial score (nSPS) is 15.4. The number of benzene rings is 1. The molecule has 27 heavy (non-hydrogen) atoms. The molecule has 0 spiro atoms. The Balaban J connectivity index is 1.53. The zero-order chi connectivity index (χ0) is 19.4. The van der Waals surface area contributed by atoms with Crippen molar-refractivity contribution in [3.8, 4) is 0 Å². The molecule has 2 aromatic rings. The summed E-state index contributed by atoms with van der Waals surface area (Å²) in [5, 5.41) is 11.0. The molecule has 1 fully saturated rings. The lowest BCUT2D eigenvalue weighted by molar-refractivity contribution is -0.402. The van der Waals surface area contributed by atoms with Gasteiger partial charge in [0.15, 0.2) is 0 Å². The van der Waals surface area contributed by atoms with Gasteiger partial charge in [0.1, 0.15) is 16.5 Å². The molecular formula is C18H17ClFN3O4. The van der Waals surface area contributed by atoms with Crippen LogP contribution in [0, 0.1) is 15.9 Å². The maximum Gasteiger partial charge on any atom is 0.433 e. The smallest absolute Gasteiger partial charge is 0.401 e. The van der Waals surface area contributed by atoms with Gasteiger partial charge in [-0.2, -0.15) is 0 Å². The van der Waals surface area contributed by atoms with Crippen LogP contribution in [0.1, 0.15) is 11.3 Å². The number of nitro groups is 1. The first-order chi connectivity index (χ1) is 12.9. The Morgan fingerprint density at radius 3 is 2.63 bits per heavy atom. The van der Waals surface area contributed by atoms with Gasteiger partial charge in [-0.15, -0.1) is 0 Å². The summed E-state index contributed by atoms with van der Waals surface area (Å²) < 4.78 is 18.9. The molecule has 142 valence electrons. The molecule has 0 radical (unpaired) electrons. The fraction of sp³-hybridized carbons (Fsp3) is 0.278. The van der Waals surface area contributed by atoms with Crippen molar-refractivity contribution in [2.75, 3.05) is 26.2 Å². The van der Waals surface area contributed by atoms with Crippen LogP contribution >= 0.6 is 11.6 Å². The minimum atomic E-state index is -0.639. The summed E-state index contributed by atoms with van der Waals surface area (Å²) in [6, 6.07) is 7.26. The van der Waals surface area contributed by atoms with Gasteiger partial charge in [0.2, 0.25) is 5.91 Å². The Bertz CT molecular complexity index is 855. The Morgan fingerprint density at radius 2 is 2.00 bits per heavy atom. The molecule has 3 rings (SSSR count). The lowest BCUT2D eigenvalue weighted by Crippen LogP contribution is -2.47. The molecule has 2 heterocycles. The zero-order valence-corrected chi connectivity index (χ0v) is 15.1. The number of rotatable bonds is 5. The number of amides is 1. The van der Waals surface area contributed by atoms with Crippen molar-refractivity contribution in [3.63, 3.8) is 0 Å². The molecule has 0 aliphatic carbocycles. The summed E-state index contributed by atoms with van der Waals surface area (Å²) in [7, 11) is 0. The van der Waals surface area contributed by atoms with Crippen molar-refractivity contribution >= 4 is 29.5 Å². The molecule has 1 aromatic carbocycles. The van der Waals surface area contributed by atoms with E-state index in [1.807, 2.05) is 4.90 Å². The second kappa shape index (κ2) is 8.32. The minimum Gasteiger partial charge on any atom is -0.401 e. The molecule has 0 saturated carbocycles. The summed E-state index contributed by atoms with van der Waals surface area (Å²) in [6.07, 6.45) is 2.73. The Morgan fingerprint density at radius 1 is 1.26 bits per heavy atom. The van der Waals surface area contributed by atoms with Gasteiger partial charge < -0.3 is 9.32 Å². The second-order valence-corrected chi connectivity index (χ2v) is 6.48. The van der Waals surface area contributed by atoms with Gasteiger partial charge in [0.05, 0.1) is 6.07 Å². The zero-order valence-electron chi connectivity index (χ0n) is 14.3. The Kier molecular flexibility index (Phi) is 5.88. The van der Waals surface area contributed by atoms with Gasteiger partial charge in [0, 0.05) is 49.4 Å². The quantitative estimate of drug-likeness (QED) is 0.442. The molecule has 9 heteroatoms. The predicted octanol–water partition coefficient (Wildman–Crippen LogP) is 3.34. The molecule has 0 unspecified atom stereocenters. The van der Waals surface area contributed by atoms with Crippen LogP contribution in [0.4, 0.5) is 10.3 Å². The molecule has 0 bridgehead atoms. The molecule has 1 saturated heterocycles. The van der Waals surface area contributed by atoms with Crippen molar-refractivity contribution in [2.24, 2.45) is 0 Å². The van der Waals surface area contributed by atoms with Crippen molar-refractivity contribution in [3.05, 3.63) is 68.7 Å². The first-order valence-electron chi connectivity index (χ1n) is 8.30. The average Bonchev–Trinajstić information content (AvgIpc) is 3.13. The number of piperazine rings is 1. The van der Waals surface area contributed by atoms with E-state index in [0.29, 0.717) is 43.3 Å². The standard InChI is InChI=1S/C18H17ClFN3O4/c19-15-2-1-3-16(20)14(15)12-21-8-10-22(11-9-21)17(24)6-4-13-5-7-18(27-13)23(25)26/h1-7H,8-12H2/b6-4+. The highest BCUT2D eigenvalue weighted by Crippen LogP contribution is 2.21. The lowest BCUT2D eigenvalue weighted by Gasteiger charge is -2.34. The Hall–Kier alpha value is -2.71. The lowest BCUT2D eigenvalue weighted by atomic mass is 10.2. The van der Waals surface area contributed by atoms with Crippen LogP contribution in [-0.4, -0.2) is 46.8 Å². The van der Waals surface area contributed by atoms with Crippen LogP contribution < -0.4 is 0 Å². The number of furan rings is 1. The summed E-state index contributed by atoms with van der Waals surface area (Å²) in [5.74, 6) is -0.681. The SMILES string of the molecule is O=C(/C=C/c1ccc([N+](=O)[O-])o1)N1CCN(Cc2c(F)cccc2Cl)CC1. The average molecular weight is 394 g/mol. The van der Waals surface area contributed by atoms with Crippen LogP contribution in [-0.2, 0) is 11.3 Å². The molecular weight excluding hydrogens is 377 g/mol. The number of hydrogen-bond acceptors (Lipinski definition) is 5. The summed E-state index contributed by atoms with van der Waals surface area (Å²) in [4.78, 5) is 25.9. The van der Waals surface area contributed by atoms with Crippen molar-refractivity contribution in [1.82, 2.24) is 9.80 Å². The van der Waals surface area contributed by atoms with E-state index in [0.717, 1.165) is 0 Å². The largest absolute Gasteiger partial charge is 0.433 e. The number of carbonyl (C=O) groups excluding carboxylic acids is 1. The van der Waals surface area contributed by atoms with E-state index in [-0.39, 0.29) is 23.4 Å². The van der Waals surface area contributed by atoms with Gasteiger partial charge in [0.25, 0.3) is 0 Å². The molecule has 7 nitrogen and oxygen atoms in total. The molecule has 0 atom stereocenters. The van der Waals surface area contributed by atoms with Gasteiger partial charge in [-0.05, 0) is 24.3 Å². The van der Waals surface area contributed by atoms with E-state index in [4.69, 9.17) is 16.0 Å². The Labute approximate surface area is 159 Å². The molecule has 1 aromatic heterocycles. The minimum absolute atomic E-state index is 0.211. The van der Waals surface area contributed by atoms with Crippen LogP contribution in [0.3, 0.4) is 0 Å². The third-order valence-corrected chi connectivity index (χ3v) is 4.66. The van der Waals surface area contributed by atoms with Crippen molar-refractivity contribution < 1.29 is 18.5 Å². The number of hydrogen-bond donors (Lipinski definition) is 0. The first kappa shape index (κ1) is 19.1. The third kappa shape index (κ3) is 4.72. The van der Waals surface area contributed by atoms with Crippen LogP contribution in [0.25, 0.3) is 6.08 Å². The number of carbonyl (C=O) groups is 1. The second-order valence-electron chi connectivity index (χ2n) is 6.07. The highest BCUT2D eigenvalue weighted by molar-refractivity contribution is 6.31. The monoisotopic (exact) mass is 393 g/mol. The first-order valence-corrected chi connectivity index (χ1v) is 8.68. The molecule has 1 aliphatic heterocycles. The topological polar surface area (TPSA) is 79.8 Å². The van der Waals surface area contributed by atoms with Crippen molar-refractivity contribution in [1.29, 1.82) is 0 Å². The van der Waals surface area contributed by atoms with E-state index >= 15 is 0 Å². The molecule has 0 N–H and O–H groups in total. The van der Waals surface area contributed by atoms with Crippen LogP contribution in [0.5, 0.6) is 0 Å². The summed E-state index contributed by atoms with van der Waals surface area (Å²) in [5.41, 5.74) is 0.457. The van der Waals surface area contributed by atoms with Gasteiger partial charge >= 0.3 is 5.88 Å². The molecule has 1 aliphatic rings. The number of nitrogens with zero attached hydrogens (tertiary/aromatic N) is 3. The fourth-order valence-corrected chi connectivity index (χ4v) is 3.04. The van der Waals surface area contributed by atoms with E-state index in [1.54, 1.807) is 17.0 Å². The third-order valence-electron chi connectivity index (χ3n) is 4.31. The summed E-state index contributed by atoms with van der Waals surface area (Å²) >= 11 is 6.06. The van der Waals surface area contributed by atoms with Gasteiger partial charge in [-0.1, -0.05) is 17.7 Å². The van der Waals surface area contributed by atoms with Crippen LogP contribution in [0.2, 0.25) is 5.02 Å². The highest BCUT2D eigenvalue weighted by Gasteiger charge is 2.21. The van der Waals surface area contributed by atoms with Gasteiger partial charge in [-0.25, -0.2) is 4.39 Å². The highest BCUT2D eigenvalue weighted by atomic mass is 35.5. The van der Waals surface area contributed by atoms with Crippen molar-refractivity contribution in [2.45, 2.75) is 6.54 Å². The van der Waals surface area contributed by atoms with E-state index < -0.39 is 4.92 Å². The van der Waals surface area contributed by atoms with E-state index in [9.17, 15) is 19.3 Å². The fourth-order valence-electron chi connectivity index (χ4n) is 2.82. The van der Waals surface area contributed by atoms with E-state index in [2.05, 4.69) is 0 Å². The maximum absolute atomic E-state index is 13.9. The number of halogens is 2. The predicted molar refractivity (Wildman–Crippen MR) is 97.7 cm³/mol. The maximum atomic E-state index is 13.9. The van der Waals surface area contributed by atoms with Gasteiger partial charge in [-0.3, -0.25) is 19.8 Å².